The average Bonchev–Trinajstić information content (AvgIpc) is 3.45. The maximum absolute atomic E-state index is 13.7. The van der Waals surface area contributed by atoms with Crippen LogP contribution in [0.2, 0.25) is 0 Å². The lowest BCUT2D eigenvalue weighted by atomic mass is 9.80. The van der Waals surface area contributed by atoms with E-state index in [2.05, 4.69) is 24.1 Å². The number of carbonyl (C=O) groups excluding carboxylic acids is 2. The second kappa shape index (κ2) is 20.9. The summed E-state index contributed by atoms with van der Waals surface area (Å²) >= 11 is 6.35. The quantitative estimate of drug-likeness (QED) is 0.0325. The fraction of sp³-hybridized carbons (Fsp3) is 0.419. The van der Waals surface area contributed by atoms with Gasteiger partial charge in [0.2, 0.25) is 0 Å². The second-order valence-electron chi connectivity index (χ2n) is 13.9. The molecule has 2 aliphatic rings. The van der Waals surface area contributed by atoms with Crippen molar-refractivity contribution >= 4 is 64.0 Å². The molecule has 306 valence electrons. The van der Waals surface area contributed by atoms with E-state index in [0.717, 1.165) is 86.8 Å². The maximum atomic E-state index is 13.7. The number of benzene rings is 3. The van der Waals surface area contributed by atoms with Crippen LogP contribution in [0, 0.1) is 0 Å². The van der Waals surface area contributed by atoms with Crippen LogP contribution in [0.15, 0.2) is 76.0 Å². The van der Waals surface area contributed by atoms with E-state index in [-0.39, 0.29) is 17.2 Å². The number of hydrogen-bond donors (Lipinski definition) is 2. The summed E-state index contributed by atoms with van der Waals surface area (Å²) in [4.78, 5) is 43.1. The van der Waals surface area contributed by atoms with Gasteiger partial charge in [-0.3, -0.25) is 19.0 Å². The molecule has 14 heteroatoms. The number of rotatable bonds is 19. The van der Waals surface area contributed by atoms with Crippen LogP contribution in [0.4, 0.5) is 11.4 Å². The van der Waals surface area contributed by atoms with Crippen LogP contribution < -0.4 is 30.6 Å². The van der Waals surface area contributed by atoms with Crippen LogP contribution in [0.3, 0.4) is 0 Å². The van der Waals surface area contributed by atoms with Gasteiger partial charge in [-0.1, -0.05) is 25.0 Å². The molecule has 57 heavy (non-hydrogen) atoms. The van der Waals surface area contributed by atoms with Gasteiger partial charge in [0.15, 0.2) is 0 Å². The van der Waals surface area contributed by atoms with Gasteiger partial charge < -0.3 is 33.7 Å². The van der Waals surface area contributed by atoms with Crippen LogP contribution in [0.5, 0.6) is 5.75 Å². The van der Waals surface area contributed by atoms with Gasteiger partial charge in [0.25, 0.3) is 5.91 Å². The number of halogens is 1. The number of ether oxygens (including phenoxy) is 3. The summed E-state index contributed by atoms with van der Waals surface area (Å²) in [6.45, 7) is 9.70. The Bertz CT molecular complexity index is 2080. The van der Waals surface area contributed by atoms with Gasteiger partial charge in [-0.2, -0.15) is 0 Å². The fourth-order valence-electron chi connectivity index (χ4n) is 6.98. The van der Waals surface area contributed by atoms with Crippen molar-refractivity contribution in [2.24, 2.45) is 5.14 Å². The number of alkyl halides is 1. The highest BCUT2D eigenvalue weighted by atomic mass is 35.5. The molecule has 1 atom stereocenters. The van der Waals surface area contributed by atoms with Crippen molar-refractivity contribution in [3.63, 3.8) is 0 Å². The first-order chi connectivity index (χ1) is 27.7. The summed E-state index contributed by atoms with van der Waals surface area (Å²) in [5.74, 6) is 1.13. The highest BCUT2D eigenvalue weighted by molar-refractivity contribution is 7.95. The summed E-state index contributed by atoms with van der Waals surface area (Å²) in [5.41, 5.74) is 2.69. The van der Waals surface area contributed by atoms with E-state index < -0.39 is 11.2 Å². The number of likely N-dealkylation sites (N-methyl/N-ethyl adjacent to an activating group) is 1. The molecule has 0 bridgehead atoms. The molecule has 2 aliphatic heterocycles. The number of anilines is 2. The molecule has 3 N–H and O–H groups in total. The Morgan fingerprint density at radius 3 is 2.30 bits per heavy atom. The standard InChI is InChI=1S/C32H30N4O5S.C11H24ClNO2/c1-5-35(6-2)22-9-8-20-14-24(31(39)41-27(20)16-22)29-17-32(25-12-10-21(34(3)4)15-28(25)40-29)26-13-19(18-37)7-11-23(26)30(38)36(32)42-33;1-13-7-9-15-11-10-14-8-5-3-2-4-6-12/h7-18H,5-6,33H2,1-4H3;13H,2-11H2,1H3. The van der Waals surface area contributed by atoms with Crippen molar-refractivity contribution in [1.82, 2.24) is 9.62 Å². The van der Waals surface area contributed by atoms with Crippen LogP contribution >= 0.6 is 23.7 Å². The number of carbonyl (C=O) groups is 2. The van der Waals surface area contributed by atoms with Crippen LogP contribution in [-0.4, -0.2) is 89.6 Å². The molecule has 3 heterocycles. The molecule has 4 aromatic rings. The number of aldehydes is 1. The first-order valence-corrected chi connectivity index (χ1v) is 20.8. The molecule has 12 nitrogen and oxygen atoms in total. The predicted molar refractivity (Wildman–Crippen MR) is 231 cm³/mol. The Morgan fingerprint density at radius 1 is 0.877 bits per heavy atom. The van der Waals surface area contributed by atoms with Crippen LogP contribution in [0.25, 0.3) is 16.7 Å². The third kappa shape index (κ3) is 9.85. The van der Waals surface area contributed by atoms with E-state index >= 15 is 0 Å². The average molecular weight is 820 g/mol. The lowest BCUT2D eigenvalue weighted by Gasteiger charge is -2.39. The topological polar surface area (TPSA) is 140 Å². The van der Waals surface area contributed by atoms with E-state index in [1.807, 2.05) is 62.4 Å². The Hall–Kier alpha value is -4.37. The van der Waals surface area contributed by atoms with E-state index in [0.29, 0.717) is 46.8 Å². The molecule has 0 saturated carbocycles. The molecule has 6 rings (SSSR count). The first kappa shape index (κ1) is 43.7. The predicted octanol–water partition coefficient (Wildman–Crippen LogP) is 7.21. The van der Waals surface area contributed by atoms with Gasteiger partial charge in [0, 0.05) is 109 Å². The number of fused-ring (bicyclic) bond motifs is 5. The molecule has 1 unspecified atom stereocenters. The largest absolute Gasteiger partial charge is 0.456 e. The van der Waals surface area contributed by atoms with Crippen molar-refractivity contribution in [2.75, 3.05) is 82.9 Å². The Morgan fingerprint density at radius 2 is 1.61 bits per heavy atom. The zero-order valence-corrected chi connectivity index (χ0v) is 35.0. The minimum atomic E-state index is -1.26. The zero-order chi connectivity index (χ0) is 41.0. The molecule has 0 radical (unpaired) electrons. The van der Waals surface area contributed by atoms with Gasteiger partial charge in [0.1, 0.15) is 34.5 Å². The number of nitrogens with two attached hydrogens (primary N) is 1. The van der Waals surface area contributed by atoms with E-state index in [9.17, 15) is 14.4 Å². The van der Waals surface area contributed by atoms with Crippen molar-refractivity contribution in [3.05, 3.63) is 105 Å². The second-order valence-corrected chi connectivity index (χ2v) is 14.8. The Balaban J connectivity index is 0.000000352. The van der Waals surface area contributed by atoms with Crippen LogP contribution in [0.1, 0.15) is 76.9 Å². The van der Waals surface area contributed by atoms with E-state index in [1.54, 1.807) is 30.3 Å². The normalized spacial score (nSPS) is 15.5. The summed E-state index contributed by atoms with van der Waals surface area (Å²) in [6, 6.07) is 18.1. The molecular weight excluding hydrogens is 766 g/mol. The lowest BCUT2D eigenvalue weighted by Crippen LogP contribution is -2.42. The first-order valence-electron chi connectivity index (χ1n) is 19.4. The molecule has 1 aromatic heterocycles. The van der Waals surface area contributed by atoms with Crippen molar-refractivity contribution in [2.45, 2.75) is 45.1 Å². The SMILES string of the molecule is CCN(CC)c1ccc2cc(C3=CC4(c5ccc(N(C)C)cc5O3)c3cc(C=O)ccc3C(=O)N4SN)c(=O)oc2c1.CNCCOCCOCCCCCCCl. The summed E-state index contributed by atoms with van der Waals surface area (Å²) in [5, 5.41) is 9.90. The number of unbranched alkanes of at least 4 members (excludes halogenated alkanes) is 3. The number of hydrogen-bond acceptors (Lipinski definition) is 12. The molecule has 3 aromatic carbocycles. The highest BCUT2D eigenvalue weighted by Gasteiger charge is 2.54. The van der Waals surface area contributed by atoms with E-state index in [1.165, 1.54) is 17.1 Å². The minimum absolute atomic E-state index is 0.202. The maximum Gasteiger partial charge on any atom is 0.347 e. The molecular formula is C43H54ClN5O7S. The summed E-state index contributed by atoms with van der Waals surface area (Å²) in [6.07, 6.45) is 7.15. The third-order valence-electron chi connectivity index (χ3n) is 10.0. The lowest BCUT2D eigenvalue weighted by molar-refractivity contribution is 0.0478. The molecule has 0 fully saturated rings. The van der Waals surface area contributed by atoms with Gasteiger partial charge in [-0.25, -0.2) is 4.79 Å². The van der Waals surface area contributed by atoms with Gasteiger partial charge in [-0.05, 0) is 76.2 Å². The minimum Gasteiger partial charge on any atom is -0.456 e. The number of nitrogens with one attached hydrogen (secondary N) is 1. The zero-order valence-electron chi connectivity index (χ0n) is 33.5. The number of nitrogens with zero attached hydrogens (tertiary/aromatic N) is 3. The monoisotopic (exact) mass is 819 g/mol. The van der Waals surface area contributed by atoms with Crippen molar-refractivity contribution in [1.29, 1.82) is 0 Å². The molecule has 0 saturated heterocycles. The number of amides is 1. The Kier molecular flexibility index (Phi) is 16.0. The molecule has 1 amide bonds. The third-order valence-corrected chi connectivity index (χ3v) is 11.0. The van der Waals surface area contributed by atoms with Crippen molar-refractivity contribution < 1.29 is 28.2 Å². The smallest absolute Gasteiger partial charge is 0.347 e. The van der Waals surface area contributed by atoms with Gasteiger partial charge >= 0.3 is 5.63 Å². The van der Waals surface area contributed by atoms with Crippen LogP contribution in [-0.2, 0) is 15.0 Å². The molecule has 0 aliphatic carbocycles. The summed E-state index contributed by atoms with van der Waals surface area (Å²) < 4.78 is 24.5. The van der Waals surface area contributed by atoms with Gasteiger partial charge in [0.05, 0.1) is 19.8 Å². The molecule has 1 spiro atoms. The van der Waals surface area contributed by atoms with Crippen molar-refractivity contribution in [3.8, 4) is 5.75 Å². The summed E-state index contributed by atoms with van der Waals surface area (Å²) in [7, 11) is 5.74. The van der Waals surface area contributed by atoms with Gasteiger partial charge in [-0.15, -0.1) is 11.6 Å². The van der Waals surface area contributed by atoms with E-state index in [4.69, 9.17) is 35.4 Å². The Labute approximate surface area is 344 Å². The fourth-order valence-corrected chi connectivity index (χ4v) is 7.78. The highest BCUT2D eigenvalue weighted by Crippen LogP contribution is 2.54.